The first-order valence-electron chi connectivity index (χ1n) is 9.64. The molecule has 4 rings (SSSR count). The maximum absolute atomic E-state index is 12.9. The molecule has 2 unspecified atom stereocenters. The lowest BCUT2D eigenvalue weighted by molar-refractivity contribution is -0.119. The number of nitrogens with zero attached hydrogens (tertiary/aromatic N) is 6. The van der Waals surface area contributed by atoms with Gasteiger partial charge in [-0.2, -0.15) is 30.4 Å². The molecule has 1 N–H and O–H groups in total. The summed E-state index contributed by atoms with van der Waals surface area (Å²) in [5.74, 6) is -2.00. The lowest BCUT2D eigenvalue weighted by Gasteiger charge is -2.14. The van der Waals surface area contributed by atoms with Crippen molar-refractivity contribution in [1.82, 2.24) is 0 Å². The highest BCUT2D eigenvalue weighted by Gasteiger charge is 2.38. The van der Waals surface area contributed by atoms with Crippen LogP contribution < -0.4 is 10.0 Å². The van der Waals surface area contributed by atoms with Crippen LogP contribution in [0.2, 0.25) is 10.0 Å². The smallest absolute Gasteiger partial charge is 0.335 e. The summed E-state index contributed by atoms with van der Waals surface area (Å²) in [6.07, 6.45) is 0. The third-order valence-corrected chi connectivity index (χ3v) is 5.74. The number of hydrazone groups is 2. The van der Waals surface area contributed by atoms with Gasteiger partial charge in [-0.1, -0.05) is 23.2 Å². The molecule has 0 bridgehead atoms. The summed E-state index contributed by atoms with van der Waals surface area (Å²) in [5.41, 5.74) is 1.69. The molecule has 0 aliphatic carbocycles. The summed E-state index contributed by atoms with van der Waals surface area (Å²) in [6, 6.07) is 8.37. The molecule has 2 amide bonds. The fourth-order valence-electron chi connectivity index (χ4n) is 3.24. The molecule has 0 spiro atoms. The Morgan fingerprint density at radius 2 is 1.33 bits per heavy atom. The summed E-state index contributed by atoms with van der Waals surface area (Å²) in [6.45, 7) is 3.25. The van der Waals surface area contributed by atoms with E-state index in [9.17, 15) is 14.4 Å². The minimum Gasteiger partial charge on any atom is -0.478 e. The van der Waals surface area contributed by atoms with Gasteiger partial charge in [0.1, 0.15) is 0 Å². The SMILES string of the molecule is CC1=NN(c2ccc(C(=O)O)cc2)C(=O)C1/N=N/C1C(=O)N(c2ccc(Cl)c(Cl)c2)N=C1C. The van der Waals surface area contributed by atoms with Crippen LogP contribution in [0.3, 0.4) is 0 Å². The molecular formula is C21H16Cl2N6O4. The number of carbonyl (C=O) groups excluding carboxylic acids is 2. The van der Waals surface area contributed by atoms with Gasteiger partial charge in [0.15, 0.2) is 12.1 Å². The lowest BCUT2D eigenvalue weighted by atomic mass is 10.2. The van der Waals surface area contributed by atoms with Crippen molar-refractivity contribution in [3.05, 3.63) is 58.1 Å². The third kappa shape index (κ3) is 4.22. The number of hydrogen-bond donors (Lipinski definition) is 1. The third-order valence-electron chi connectivity index (χ3n) is 5.00. The molecule has 2 aromatic rings. The molecule has 10 nitrogen and oxygen atoms in total. The Hall–Kier alpha value is -3.63. The van der Waals surface area contributed by atoms with Crippen LogP contribution in [0, 0.1) is 0 Å². The van der Waals surface area contributed by atoms with Crippen LogP contribution >= 0.6 is 23.2 Å². The average Bonchev–Trinajstić information content (AvgIpc) is 3.23. The molecular weight excluding hydrogens is 471 g/mol. The molecule has 0 saturated heterocycles. The van der Waals surface area contributed by atoms with Crippen molar-refractivity contribution < 1.29 is 19.5 Å². The molecule has 2 aliphatic rings. The summed E-state index contributed by atoms with van der Waals surface area (Å²) >= 11 is 12.0. The van der Waals surface area contributed by atoms with E-state index >= 15 is 0 Å². The van der Waals surface area contributed by atoms with Crippen LogP contribution in [-0.4, -0.2) is 46.4 Å². The Morgan fingerprint density at radius 1 is 0.848 bits per heavy atom. The van der Waals surface area contributed by atoms with E-state index in [1.807, 2.05) is 0 Å². The summed E-state index contributed by atoms with van der Waals surface area (Å²) < 4.78 is 0. The largest absolute Gasteiger partial charge is 0.478 e. The number of carboxylic acids is 1. The second-order valence-corrected chi connectivity index (χ2v) is 8.08. The molecule has 0 radical (unpaired) electrons. The Kier molecular flexibility index (Phi) is 5.96. The Bertz CT molecular complexity index is 1260. The van der Waals surface area contributed by atoms with Crippen LogP contribution in [0.5, 0.6) is 0 Å². The number of rotatable bonds is 5. The van der Waals surface area contributed by atoms with Crippen LogP contribution in [0.1, 0.15) is 24.2 Å². The Morgan fingerprint density at radius 3 is 1.82 bits per heavy atom. The van der Waals surface area contributed by atoms with E-state index in [-0.39, 0.29) is 10.6 Å². The number of azo groups is 1. The summed E-state index contributed by atoms with van der Waals surface area (Å²) in [4.78, 5) is 36.7. The highest BCUT2D eigenvalue weighted by atomic mass is 35.5. The quantitative estimate of drug-likeness (QED) is 0.639. The van der Waals surface area contributed by atoms with Gasteiger partial charge in [0, 0.05) is 0 Å². The number of carbonyl (C=O) groups is 3. The van der Waals surface area contributed by atoms with Crippen LogP contribution in [-0.2, 0) is 9.59 Å². The zero-order chi connectivity index (χ0) is 23.9. The van der Waals surface area contributed by atoms with Gasteiger partial charge in [-0.15, -0.1) is 0 Å². The predicted molar refractivity (Wildman–Crippen MR) is 123 cm³/mol. The molecule has 12 heteroatoms. The molecule has 0 saturated carbocycles. The zero-order valence-electron chi connectivity index (χ0n) is 17.3. The van der Waals surface area contributed by atoms with Crippen LogP contribution in [0.4, 0.5) is 11.4 Å². The maximum Gasteiger partial charge on any atom is 0.335 e. The van der Waals surface area contributed by atoms with E-state index in [2.05, 4.69) is 20.4 Å². The van der Waals surface area contributed by atoms with Gasteiger partial charge >= 0.3 is 5.97 Å². The Labute approximate surface area is 197 Å². The fourth-order valence-corrected chi connectivity index (χ4v) is 3.54. The van der Waals surface area contributed by atoms with Gasteiger partial charge in [0.2, 0.25) is 0 Å². The summed E-state index contributed by atoms with van der Waals surface area (Å²) in [7, 11) is 0. The number of hydrogen-bond acceptors (Lipinski definition) is 7. The predicted octanol–water partition coefficient (Wildman–Crippen LogP) is 4.03. The fraction of sp³-hybridized carbons (Fsp3) is 0.190. The number of carboxylic acid groups (broad SMARTS) is 1. The second-order valence-electron chi connectivity index (χ2n) is 7.27. The van der Waals surface area contributed by atoms with Crippen molar-refractivity contribution in [2.45, 2.75) is 25.9 Å². The van der Waals surface area contributed by atoms with E-state index in [0.29, 0.717) is 27.8 Å². The van der Waals surface area contributed by atoms with Gasteiger partial charge in [0.05, 0.1) is 38.4 Å². The van der Waals surface area contributed by atoms with Gasteiger partial charge < -0.3 is 5.11 Å². The minimum absolute atomic E-state index is 0.0865. The lowest BCUT2D eigenvalue weighted by Crippen LogP contribution is -2.32. The topological polar surface area (TPSA) is 127 Å². The molecule has 0 fully saturated rings. The molecule has 2 atom stereocenters. The zero-order valence-corrected chi connectivity index (χ0v) is 18.8. The number of halogens is 2. The van der Waals surface area contributed by atoms with E-state index in [1.165, 1.54) is 30.3 Å². The van der Waals surface area contributed by atoms with Crippen molar-refractivity contribution >= 4 is 63.8 Å². The van der Waals surface area contributed by atoms with Crippen molar-refractivity contribution in [2.75, 3.05) is 10.0 Å². The molecule has 33 heavy (non-hydrogen) atoms. The van der Waals surface area contributed by atoms with Crippen molar-refractivity contribution in [1.29, 1.82) is 0 Å². The van der Waals surface area contributed by atoms with E-state index in [4.69, 9.17) is 28.3 Å². The molecule has 2 aliphatic heterocycles. The molecule has 2 heterocycles. The van der Waals surface area contributed by atoms with Gasteiger partial charge in [-0.3, -0.25) is 9.59 Å². The van der Waals surface area contributed by atoms with Gasteiger partial charge in [-0.25, -0.2) is 4.79 Å². The normalized spacial score (nSPS) is 20.6. The average molecular weight is 487 g/mol. The minimum atomic E-state index is -1.08. The molecule has 0 aromatic heterocycles. The Balaban J connectivity index is 1.51. The monoisotopic (exact) mass is 486 g/mol. The van der Waals surface area contributed by atoms with Crippen LogP contribution in [0.15, 0.2) is 62.9 Å². The van der Waals surface area contributed by atoms with Crippen molar-refractivity contribution in [3.63, 3.8) is 0 Å². The number of anilines is 2. The van der Waals surface area contributed by atoms with E-state index in [1.54, 1.807) is 26.0 Å². The standard InChI is InChI=1S/C21H16Cl2N6O4/c1-10-17(19(30)28(26-10)13-5-3-12(4-6-13)21(32)33)24-25-18-11(2)27-29(20(18)31)14-7-8-15(22)16(23)9-14/h3-9,17-18H,1-2H3,(H,32,33)/b25-24+. The van der Waals surface area contributed by atoms with Crippen molar-refractivity contribution in [3.8, 4) is 0 Å². The number of aromatic carboxylic acids is 1. The highest BCUT2D eigenvalue weighted by molar-refractivity contribution is 6.42. The van der Waals surface area contributed by atoms with E-state index in [0.717, 1.165) is 10.0 Å². The van der Waals surface area contributed by atoms with Gasteiger partial charge in [-0.05, 0) is 56.3 Å². The first-order chi connectivity index (χ1) is 15.7. The highest BCUT2D eigenvalue weighted by Crippen LogP contribution is 2.30. The molecule has 2 aromatic carbocycles. The van der Waals surface area contributed by atoms with E-state index < -0.39 is 29.9 Å². The second kappa shape index (κ2) is 8.72. The number of amides is 2. The first-order valence-corrected chi connectivity index (χ1v) is 10.4. The van der Waals surface area contributed by atoms with Gasteiger partial charge in [0.25, 0.3) is 11.8 Å². The summed E-state index contributed by atoms with van der Waals surface area (Å²) in [5, 5.41) is 28.5. The maximum atomic E-state index is 12.9. The number of benzene rings is 2. The first kappa shape index (κ1) is 22.6. The molecule has 168 valence electrons. The van der Waals surface area contributed by atoms with Crippen molar-refractivity contribution in [2.24, 2.45) is 20.4 Å². The van der Waals surface area contributed by atoms with Crippen LogP contribution in [0.25, 0.3) is 0 Å².